The van der Waals surface area contributed by atoms with E-state index in [1.807, 2.05) is 0 Å². The Hall–Kier alpha value is -1.12. The third-order valence-corrected chi connectivity index (χ3v) is 1.01. The third-order valence-electron chi connectivity index (χ3n) is 0.821. The second-order valence-corrected chi connectivity index (χ2v) is 2.08. The molecular formula is C7H9NO3S. The van der Waals surface area contributed by atoms with Crippen molar-refractivity contribution in [2.75, 3.05) is 13.7 Å². The minimum absolute atomic E-state index is 0.192. The van der Waals surface area contributed by atoms with Gasteiger partial charge in [0.05, 0.1) is 7.11 Å². The Labute approximate surface area is 76.2 Å². The number of rotatable bonds is 3. The van der Waals surface area contributed by atoms with Gasteiger partial charge in [-0.3, -0.25) is 4.84 Å². The summed E-state index contributed by atoms with van der Waals surface area (Å²) in [6, 6.07) is 0. The summed E-state index contributed by atoms with van der Waals surface area (Å²) >= 11 is 4.68. The van der Waals surface area contributed by atoms with E-state index in [0.29, 0.717) is 0 Å². The van der Waals surface area contributed by atoms with Crippen molar-refractivity contribution in [2.24, 2.45) is 0 Å². The van der Waals surface area contributed by atoms with E-state index in [2.05, 4.69) is 39.1 Å². The van der Waals surface area contributed by atoms with Crippen LogP contribution >= 0.6 is 12.2 Å². The number of hydroxylamine groups is 1. The van der Waals surface area contributed by atoms with Crippen molar-refractivity contribution >= 4 is 23.2 Å². The molecule has 66 valence electrons. The lowest BCUT2D eigenvalue weighted by atomic mass is 10.6. The Balaban J connectivity index is 3.48. The van der Waals surface area contributed by atoms with Crippen LogP contribution in [0.15, 0.2) is 0 Å². The molecule has 0 aliphatic carbocycles. The van der Waals surface area contributed by atoms with Crippen LogP contribution in [-0.4, -0.2) is 24.7 Å². The van der Waals surface area contributed by atoms with Crippen molar-refractivity contribution in [1.82, 2.24) is 5.48 Å². The Morgan fingerprint density at radius 2 is 2.33 bits per heavy atom. The molecular weight excluding hydrogens is 178 g/mol. The van der Waals surface area contributed by atoms with Crippen molar-refractivity contribution in [3.05, 3.63) is 0 Å². The van der Waals surface area contributed by atoms with Gasteiger partial charge in [-0.1, -0.05) is 5.92 Å². The van der Waals surface area contributed by atoms with Crippen molar-refractivity contribution < 1.29 is 14.4 Å². The first-order valence-electron chi connectivity index (χ1n) is 3.12. The predicted molar refractivity (Wildman–Crippen MR) is 47.2 cm³/mol. The second-order valence-electron chi connectivity index (χ2n) is 1.67. The summed E-state index contributed by atoms with van der Waals surface area (Å²) in [7, 11) is 1.27. The van der Waals surface area contributed by atoms with E-state index >= 15 is 0 Å². The number of carbonyl (C=O) groups excluding carboxylic acids is 1. The van der Waals surface area contributed by atoms with Crippen LogP contribution in [0.3, 0.4) is 0 Å². The highest BCUT2D eigenvalue weighted by Gasteiger charge is 1.99. The summed E-state index contributed by atoms with van der Waals surface area (Å²) in [5.41, 5.74) is 2.31. The summed E-state index contributed by atoms with van der Waals surface area (Å²) in [6.45, 7) is 1.45. The molecule has 0 aromatic carbocycles. The molecule has 0 bridgehead atoms. The Bertz CT molecular complexity index is 229. The third kappa shape index (κ3) is 5.65. The molecule has 5 heteroatoms. The number of nitrogens with one attached hydrogen (secondary N) is 1. The first-order valence-corrected chi connectivity index (χ1v) is 3.53. The number of esters is 1. The van der Waals surface area contributed by atoms with Crippen LogP contribution in [0, 0.1) is 11.8 Å². The Morgan fingerprint density at radius 1 is 1.67 bits per heavy atom. The summed E-state index contributed by atoms with van der Waals surface area (Å²) in [5.74, 6) is 4.62. The second kappa shape index (κ2) is 6.58. The predicted octanol–water partition coefficient (Wildman–Crippen LogP) is 0.0313. The molecule has 0 unspecified atom stereocenters. The van der Waals surface area contributed by atoms with E-state index in [0.717, 1.165) is 0 Å². The van der Waals surface area contributed by atoms with Crippen molar-refractivity contribution in [3.8, 4) is 11.8 Å². The first kappa shape index (κ1) is 10.9. The molecule has 0 rings (SSSR count). The molecule has 4 nitrogen and oxygen atoms in total. The zero-order valence-corrected chi connectivity index (χ0v) is 7.66. The first-order chi connectivity index (χ1) is 5.70. The fourth-order valence-electron chi connectivity index (χ4n) is 0.359. The van der Waals surface area contributed by atoms with E-state index in [9.17, 15) is 4.79 Å². The lowest BCUT2D eigenvalue weighted by Crippen LogP contribution is -2.24. The molecule has 0 aromatic rings. The molecule has 0 saturated heterocycles. The van der Waals surface area contributed by atoms with Gasteiger partial charge in [0.15, 0.2) is 11.6 Å². The van der Waals surface area contributed by atoms with Crippen molar-refractivity contribution in [3.63, 3.8) is 0 Å². The molecule has 0 heterocycles. The largest absolute Gasteiger partial charge is 0.467 e. The molecule has 1 N–H and O–H groups in total. The molecule has 0 aromatic heterocycles. The van der Waals surface area contributed by atoms with Gasteiger partial charge in [-0.15, -0.1) is 0 Å². The van der Waals surface area contributed by atoms with Gasteiger partial charge in [0.1, 0.15) is 0 Å². The minimum Gasteiger partial charge on any atom is -0.467 e. The van der Waals surface area contributed by atoms with E-state index in [1.165, 1.54) is 7.11 Å². The smallest absolute Gasteiger partial charge is 0.334 e. The zero-order valence-electron chi connectivity index (χ0n) is 6.84. The van der Waals surface area contributed by atoms with Crippen molar-refractivity contribution in [1.29, 1.82) is 0 Å². The lowest BCUT2D eigenvalue weighted by Gasteiger charge is -2.01. The number of hydrogen-bond donors (Lipinski definition) is 1. The van der Waals surface area contributed by atoms with E-state index in [1.54, 1.807) is 6.92 Å². The van der Waals surface area contributed by atoms with E-state index in [4.69, 9.17) is 0 Å². The average molecular weight is 187 g/mol. The lowest BCUT2D eigenvalue weighted by molar-refractivity contribution is -0.147. The molecule has 0 amide bonds. The van der Waals surface area contributed by atoms with Crippen LogP contribution in [0.5, 0.6) is 0 Å². The summed E-state index contributed by atoms with van der Waals surface area (Å²) < 4.78 is 4.31. The van der Waals surface area contributed by atoms with Gasteiger partial charge in [-0.25, -0.2) is 10.3 Å². The highest BCUT2D eigenvalue weighted by Crippen LogP contribution is 1.75. The quantitative estimate of drug-likeness (QED) is 0.292. The molecule has 0 aliphatic heterocycles. The summed E-state index contributed by atoms with van der Waals surface area (Å²) in [4.78, 5) is 15.4. The minimum atomic E-state index is -0.477. The Kier molecular flexibility index (Phi) is 5.97. The van der Waals surface area contributed by atoms with Gasteiger partial charge in [0.2, 0.25) is 0 Å². The zero-order chi connectivity index (χ0) is 9.40. The van der Waals surface area contributed by atoms with Gasteiger partial charge >= 0.3 is 5.97 Å². The Morgan fingerprint density at radius 3 is 2.83 bits per heavy atom. The summed E-state index contributed by atoms with van der Waals surface area (Å²) in [6.07, 6.45) is 0. The number of thiocarbonyl (C=S) groups is 1. The fourth-order valence-corrected chi connectivity index (χ4v) is 0.520. The number of ether oxygens (including phenoxy) is 1. The van der Waals surface area contributed by atoms with Crippen molar-refractivity contribution in [2.45, 2.75) is 6.92 Å². The molecule has 0 radical (unpaired) electrons. The van der Waals surface area contributed by atoms with Crippen LogP contribution in [0.4, 0.5) is 0 Å². The van der Waals surface area contributed by atoms with Crippen LogP contribution in [0.25, 0.3) is 0 Å². The standard InChI is InChI=1S/C7H9NO3S/c1-3-4-6(12)8-11-5-7(9)10-2/h5H2,1-2H3,(H,8,12). The van der Waals surface area contributed by atoms with Crippen LogP contribution in [-0.2, 0) is 14.4 Å². The van der Waals surface area contributed by atoms with E-state index < -0.39 is 5.97 Å². The number of methoxy groups -OCH3 is 1. The fraction of sp³-hybridized carbons (Fsp3) is 0.429. The maximum atomic E-state index is 10.5. The summed E-state index contributed by atoms with van der Waals surface area (Å²) in [5, 5.41) is 0. The maximum Gasteiger partial charge on any atom is 0.334 e. The molecule has 0 saturated carbocycles. The maximum absolute atomic E-state index is 10.5. The van der Waals surface area contributed by atoms with Gasteiger partial charge < -0.3 is 4.74 Å². The topological polar surface area (TPSA) is 47.6 Å². The highest BCUT2D eigenvalue weighted by molar-refractivity contribution is 7.80. The highest BCUT2D eigenvalue weighted by atomic mass is 32.1. The molecule has 0 spiro atoms. The monoisotopic (exact) mass is 187 g/mol. The van der Waals surface area contributed by atoms with Crippen LogP contribution in [0.2, 0.25) is 0 Å². The van der Waals surface area contributed by atoms with Crippen LogP contribution < -0.4 is 5.48 Å². The number of hydrogen-bond acceptors (Lipinski definition) is 4. The van der Waals surface area contributed by atoms with Gasteiger partial charge in [0, 0.05) is 0 Å². The SMILES string of the molecule is CC#CC(=S)NOCC(=O)OC. The number of carbonyl (C=O) groups is 1. The normalized spacial score (nSPS) is 7.83. The van der Waals surface area contributed by atoms with Gasteiger partial charge in [-0.05, 0) is 25.1 Å². The molecule has 12 heavy (non-hydrogen) atoms. The van der Waals surface area contributed by atoms with Gasteiger partial charge in [0.25, 0.3) is 0 Å². The molecule has 0 fully saturated rings. The molecule has 0 aliphatic rings. The van der Waals surface area contributed by atoms with E-state index in [-0.39, 0.29) is 11.6 Å². The molecule has 0 atom stereocenters. The van der Waals surface area contributed by atoms with Gasteiger partial charge in [-0.2, -0.15) is 0 Å². The van der Waals surface area contributed by atoms with Crippen LogP contribution in [0.1, 0.15) is 6.92 Å². The average Bonchev–Trinajstić information content (AvgIpc) is 2.04.